The summed E-state index contributed by atoms with van der Waals surface area (Å²) < 4.78 is 0. The molecule has 22 heavy (non-hydrogen) atoms. The number of nitrogens with zero attached hydrogens (tertiary/aromatic N) is 1. The first-order valence-electron chi connectivity index (χ1n) is 7.77. The second-order valence-corrected chi connectivity index (χ2v) is 5.34. The molecule has 120 valence electrons. The smallest absolute Gasteiger partial charge is 0.269 e. The third-order valence-electron chi connectivity index (χ3n) is 3.64. The lowest BCUT2D eigenvalue weighted by Crippen LogP contribution is -2.27. The van der Waals surface area contributed by atoms with Crippen LogP contribution in [-0.2, 0) is 4.79 Å². The number of rotatable bonds is 9. The van der Waals surface area contributed by atoms with Gasteiger partial charge >= 0.3 is 0 Å². The molecule has 0 heterocycles. The van der Waals surface area contributed by atoms with Crippen LogP contribution in [0.4, 0.5) is 5.69 Å². The van der Waals surface area contributed by atoms with Crippen molar-refractivity contribution in [1.82, 2.24) is 5.32 Å². The summed E-state index contributed by atoms with van der Waals surface area (Å²) in [4.78, 5) is 21.9. The highest BCUT2D eigenvalue weighted by Crippen LogP contribution is 2.13. The normalized spacial score (nSPS) is 12.3. The predicted molar refractivity (Wildman–Crippen MR) is 88.4 cm³/mol. The number of amides is 1. The molecule has 1 rings (SSSR count). The number of nitro groups is 1. The van der Waals surface area contributed by atoms with Gasteiger partial charge in [-0.05, 0) is 36.1 Å². The molecule has 0 aromatic heterocycles. The summed E-state index contributed by atoms with van der Waals surface area (Å²) in [7, 11) is 0. The summed E-state index contributed by atoms with van der Waals surface area (Å²) in [5.74, 6) is 0.393. The number of hydrogen-bond acceptors (Lipinski definition) is 3. The van der Waals surface area contributed by atoms with Crippen LogP contribution < -0.4 is 5.32 Å². The number of hydrogen-bond donors (Lipinski definition) is 1. The van der Waals surface area contributed by atoms with Crippen molar-refractivity contribution in [2.45, 2.75) is 39.5 Å². The van der Waals surface area contributed by atoms with Gasteiger partial charge in [0.2, 0.25) is 5.91 Å². The van der Waals surface area contributed by atoms with Crippen LogP contribution in [0, 0.1) is 16.0 Å². The van der Waals surface area contributed by atoms with Gasteiger partial charge < -0.3 is 5.32 Å². The maximum absolute atomic E-state index is 11.8. The van der Waals surface area contributed by atoms with Gasteiger partial charge in [0, 0.05) is 24.8 Å². The van der Waals surface area contributed by atoms with Crippen molar-refractivity contribution >= 4 is 17.7 Å². The van der Waals surface area contributed by atoms with Crippen molar-refractivity contribution in [2.75, 3.05) is 6.54 Å². The number of nitrogens with one attached hydrogen (secondary N) is 1. The quantitative estimate of drug-likeness (QED) is 0.426. The van der Waals surface area contributed by atoms with Gasteiger partial charge in [-0.2, -0.15) is 0 Å². The zero-order chi connectivity index (χ0) is 16.4. The molecule has 0 saturated heterocycles. The molecule has 1 N–H and O–H groups in total. The SMILES string of the molecule is CCCC[C@@H](CC)CNC(=O)/C=C/c1ccc([N+](=O)[O-])cc1. The van der Waals surface area contributed by atoms with E-state index in [9.17, 15) is 14.9 Å². The van der Waals surface area contributed by atoms with Crippen molar-refractivity contribution in [2.24, 2.45) is 5.92 Å². The minimum absolute atomic E-state index is 0.0447. The van der Waals surface area contributed by atoms with Gasteiger partial charge in [-0.3, -0.25) is 14.9 Å². The Morgan fingerprint density at radius 2 is 2.00 bits per heavy atom. The van der Waals surface area contributed by atoms with Gasteiger partial charge in [-0.15, -0.1) is 0 Å². The second-order valence-electron chi connectivity index (χ2n) is 5.34. The molecule has 0 unspecified atom stereocenters. The predicted octanol–water partition coefficient (Wildman–Crippen LogP) is 3.94. The Kier molecular flexibility index (Phi) is 7.89. The molecular weight excluding hydrogens is 280 g/mol. The van der Waals surface area contributed by atoms with Crippen molar-refractivity contribution in [3.8, 4) is 0 Å². The summed E-state index contributed by atoms with van der Waals surface area (Å²) in [5, 5.41) is 13.5. The number of nitro benzene ring substituents is 1. The summed E-state index contributed by atoms with van der Waals surface area (Å²) in [5.41, 5.74) is 0.807. The highest BCUT2D eigenvalue weighted by atomic mass is 16.6. The van der Waals surface area contributed by atoms with Crippen molar-refractivity contribution < 1.29 is 9.72 Å². The molecule has 1 amide bonds. The van der Waals surface area contributed by atoms with E-state index < -0.39 is 4.92 Å². The van der Waals surface area contributed by atoms with Gasteiger partial charge in [0.25, 0.3) is 5.69 Å². The fourth-order valence-corrected chi connectivity index (χ4v) is 2.13. The average Bonchev–Trinajstić information content (AvgIpc) is 2.53. The van der Waals surface area contributed by atoms with E-state index in [1.54, 1.807) is 18.2 Å². The molecule has 0 aliphatic rings. The van der Waals surface area contributed by atoms with Gasteiger partial charge in [0.05, 0.1) is 4.92 Å². The Bertz CT molecular complexity index is 509. The minimum Gasteiger partial charge on any atom is -0.352 e. The van der Waals surface area contributed by atoms with E-state index in [-0.39, 0.29) is 11.6 Å². The topological polar surface area (TPSA) is 72.2 Å². The van der Waals surface area contributed by atoms with Gasteiger partial charge in [0.1, 0.15) is 0 Å². The van der Waals surface area contributed by atoms with E-state index in [1.807, 2.05) is 0 Å². The molecule has 5 nitrogen and oxygen atoms in total. The first kappa shape index (κ1) is 17.9. The Balaban J connectivity index is 2.44. The van der Waals surface area contributed by atoms with E-state index in [4.69, 9.17) is 0 Å². The van der Waals surface area contributed by atoms with Gasteiger partial charge in [-0.1, -0.05) is 33.1 Å². The van der Waals surface area contributed by atoms with Crippen LogP contribution in [0.3, 0.4) is 0 Å². The number of unbranched alkanes of at least 4 members (excludes halogenated alkanes) is 1. The van der Waals surface area contributed by atoms with E-state index in [0.717, 1.165) is 18.4 Å². The minimum atomic E-state index is -0.443. The standard InChI is InChI=1S/C17H24N2O3/c1-3-5-6-14(4-2)13-18-17(20)12-9-15-7-10-16(11-8-15)19(21)22/h7-12,14H,3-6,13H2,1-2H3,(H,18,20)/b12-9+/t14-/m1/s1. The molecule has 0 spiro atoms. The highest BCUT2D eigenvalue weighted by molar-refractivity contribution is 5.91. The fourth-order valence-electron chi connectivity index (χ4n) is 2.13. The van der Waals surface area contributed by atoms with E-state index in [0.29, 0.717) is 12.5 Å². The van der Waals surface area contributed by atoms with Crippen LogP contribution in [0.2, 0.25) is 0 Å². The van der Waals surface area contributed by atoms with Crippen LogP contribution >= 0.6 is 0 Å². The monoisotopic (exact) mass is 304 g/mol. The first-order chi connectivity index (χ1) is 10.6. The summed E-state index contributed by atoms with van der Waals surface area (Å²) in [6.07, 6.45) is 7.68. The average molecular weight is 304 g/mol. The molecule has 0 aliphatic carbocycles. The molecule has 1 aromatic rings. The number of carbonyl (C=O) groups excluding carboxylic acids is 1. The van der Waals surface area contributed by atoms with Gasteiger partial charge in [-0.25, -0.2) is 0 Å². The lowest BCUT2D eigenvalue weighted by Gasteiger charge is -2.14. The Hall–Kier alpha value is -2.17. The third-order valence-corrected chi connectivity index (χ3v) is 3.64. The Morgan fingerprint density at radius 1 is 1.32 bits per heavy atom. The van der Waals surface area contributed by atoms with Crippen molar-refractivity contribution in [3.05, 3.63) is 46.0 Å². The lowest BCUT2D eigenvalue weighted by molar-refractivity contribution is -0.384. The molecule has 5 heteroatoms. The van der Waals surface area contributed by atoms with Gasteiger partial charge in [0.15, 0.2) is 0 Å². The first-order valence-corrected chi connectivity index (χ1v) is 7.77. The molecule has 0 bridgehead atoms. The fraction of sp³-hybridized carbons (Fsp3) is 0.471. The zero-order valence-electron chi connectivity index (χ0n) is 13.2. The highest BCUT2D eigenvalue weighted by Gasteiger charge is 2.07. The molecule has 0 radical (unpaired) electrons. The molecular formula is C17H24N2O3. The van der Waals surface area contributed by atoms with Crippen LogP contribution in [0.25, 0.3) is 6.08 Å². The number of carbonyl (C=O) groups is 1. The molecule has 1 atom stereocenters. The third kappa shape index (κ3) is 6.52. The number of benzene rings is 1. The molecule has 0 aliphatic heterocycles. The molecule has 1 aromatic carbocycles. The lowest BCUT2D eigenvalue weighted by atomic mass is 9.99. The van der Waals surface area contributed by atoms with Crippen LogP contribution in [-0.4, -0.2) is 17.4 Å². The van der Waals surface area contributed by atoms with E-state index in [1.165, 1.54) is 31.1 Å². The summed E-state index contributed by atoms with van der Waals surface area (Å²) in [6, 6.07) is 6.10. The maximum atomic E-state index is 11.8. The Morgan fingerprint density at radius 3 is 2.55 bits per heavy atom. The Labute approximate surface area is 131 Å². The largest absolute Gasteiger partial charge is 0.352 e. The maximum Gasteiger partial charge on any atom is 0.269 e. The second kappa shape index (κ2) is 9.71. The van der Waals surface area contributed by atoms with E-state index >= 15 is 0 Å². The van der Waals surface area contributed by atoms with Crippen molar-refractivity contribution in [3.63, 3.8) is 0 Å². The summed E-state index contributed by atoms with van der Waals surface area (Å²) >= 11 is 0. The molecule has 0 saturated carbocycles. The van der Waals surface area contributed by atoms with Crippen LogP contribution in [0.1, 0.15) is 45.1 Å². The van der Waals surface area contributed by atoms with E-state index in [2.05, 4.69) is 19.2 Å². The zero-order valence-corrected chi connectivity index (χ0v) is 13.2. The van der Waals surface area contributed by atoms with Crippen LogP contribution in [0.5, 0.6) is 0 Å². The van der Waals surface area contributed by atoms with Crippen LogP contribution in [0.15, 0.2) is 30.3 Å². The molecule has 0 fully saturated rings. The van der Waals surface area contributed by atoms with Crippen molar-refractivity contribution in [1.29, 1.82) is 0 Å². The number of non-ortho nitro benzene ring substituents is 1. The summed E-state index contributed by atoms with van der Waals surface area (Å²) in [6.45, 7) is 5.00.